The largest absolute Gasteiger partial charge is 0.323 e. The highest BCUT2D eigenvalue weighted by Crippen LogP contribution is 2.26. The molecule has 0 bridgehead atoms. The molecule has 0 unspecified atom stereocenters. The van der Waals surface area contributed by atoms with E-state index in [4.69, 9.17) is 0 Å². The van der Waals surface area contributed by atoms with Crippen molar-refractivity contribution in [2.24, 2.45) is 0 Å². The van der Waals surface area contributed by atoms with Gasteiger partial charge in [0.25, 0.3) is 0 Å². The summed E-state index contributed by atoms with van der Waals surface area (Å²) in [6.45, 7) is 5.42. The minimum Gasteiger partial charge on any atom is -0.323 e. The van der Waals surface area contributed by atoms with Gasteiger partial charge in [-0.1, -0.05) is 13.8 Å². The van der Waals surface area contributed by atoms with E-state index in [1.54, 1.807) is 11.3 Å². The smallest absolute Gasteiger partial charge is 0.152 e. The summed E-state index contributed by atoms with van der Waals surface area (Å²) < 4.78 is 29.4. The lowest BCUT2D eigenvalue weighted by Gasteiger charge is -2.07. The second-order valence-corrected chi connectivity index (χ2v) is 4.86. The number of nitrogens with one attached hydrogen (secondary N) is 1. The van der Waals surface area contributed by atoms with Gasteiger partial charge >= 0.3 is 0 Å². The van der Waals surface area contributed by atoms with Gasteiger partial charge in [-0.15, -0.1) is 0 Å². The molecule has 0 aliphatic heterocycles. The van der Waals surface area contributed by atoms with Gasteiger partial charge in [0.05, 0.1) is 5.69 Å². The Hall–Kier alpha value is -1.07. The Morgan fingerprint density at radius 2 is 1.89 bits per heavy atom. The Morgan fingerprint density at radius 3 is 2.50 bits per heavy atom. The Labute approximate surface area is 114 Å². The maximum absolute atomic E-state index is 13.6. The van der Waals surface area contributed by atoms with Gasteiger partial charge in [0.15, 0.2) is 5.82 Å². The molecule has 1 heterocycles. The molecule has 0 aliphatic rings. The quantitative estimate of drug-likeness (QED) is 0.750. The number of benzene rings is 1. The maximum atomic E-state index is 13.6. The molecule has 1 N–H and O–H groups in total. The van der Waals surface area contributed by atoms with E-state index in [2.05, 4.69) is 4.72 Å². The van der Waals surface area contributed by atoms with Crippen LogP contribution in [0.2, 0.25) is 0 Å². The lowest BCUT2D eigenvalue weighted by Crippen LogP contribution is -1.95. The fraction of sp³-hybridized carbons (Fsp3) is 0.231. The number of anilines is 1. The molecule has 2 aromatic rings. The molecule has 0 atom stereocenters. The van der Waals surface area contributed by atoms with Crippen LogP contribution in [0.25, 0.3) is 0 Å². The second-order valence-electron chi connectivity index (χ2n) is 3.20. The molecule has 0 aliphatic carbocycles. The molecular weight excluding hydrogens is 272 g/mol. The molecule has 1 aromatic heterocycles. The third kappa shape index (κ3) is 3.71. The summed E-state index contributed by atoms with van der Waals surface area (Å²) in [5.41, 5.74) is 0.339. The standard InChI is InChI=1S/C11H9F2NS2.C2H6/c1-7-9(12)2-3-10(11(7)13)14-16-8-4-5-15-6-8;1-2/h2-6,14H,1H3;1-2H3. The van der Waals surface area contributed by atoms with Crippen LogP contribution in [-0.4, -0.2) is 0 Å². The molecule has 5 heteroatoms. The lowest BCUT2D eigenvalue weighted by atomic mass is 10.2. The number of thiophene rings is 1. The van der Waals surface area contributed by atoms with Crippen molar-refractivity contribution < 1.29 is 8.78 Å². The number of hydrogen-bond donors (Lipinski definition) is 1. The highest BCUT2D eigenvalue weighted by atomic mass is 32.2. The van der Waals surface area contributed by atoms with E-state index in [0.29, 0.717) is 5.69 Å². The van der Waals surface area contributed by atoms with E-state index in [-0.39, 0.29) is 5.56 Å². The summed E-state index contributed by atoms with van der Waals surface area (Å²) >= 11 is 2.88. The molecule has 1 aromatic carbocycles. The molecule has 0 radical (unpaired) electrons. The lowest BCUT2D eigenvalue weighted by molar-refractivity contribution is 0.571. The Balaban J connectivity index is 0.000000771. The molecule has 98 valence electrons. The topological polar surface area (TPSA) is 12.0 Å². The summed E-state index contributed by atoms with van der Waals surface area (Å²) in [5, 5.41) is 3.89. The molecule has 2 rings (SSSR count). The maximum Gasteiger partial charge on any atom is 0.152 e. The monoisotopic (exact) mass is 287 g/mol. The van der Waals surface area contributed by atoms with Gasteiger partial charge in [-0.2, -0.15) is 11.3 Å². The van der Waals surface area contributed by atoms with Crippen LogP contribution in [0.5, 0.6) is 0 Å². The Kier molecular flexibility index (Phi) is 6.15. The summed E-state index contributed by atoms with van der Waals surface area (Å²) in [4.78, 5) is 1.01. The number of hydrogen-bond acceptors (Lipinski definition) is 3. The minimum atomic E-state index is -0.539. The van der Waals surface area contributed by atoms with Crippen molar-refractivity contribution >= 4 is 29.0 Å². The van der Waals surface area contributed by atoms with Crippen molar-refractivity contribution in [3.05, 3.63) is 46.2 Å². The van der Waals surface area contributed by atoms with Crippen LogP contribution in [0.4, 0.5) is 14.5 Å². The van der Waals surface area contributed by atoms with Crippen LogP contribution in [0.1, 0.15) is 19.4 Å². The van der Waals surface area contributed by atoms with E-state index in [9.17, 15) is 8.78 Å². The first-order valence-corrected chi connectivity index (χ1v) is 7.34. The van der Waals surface area contributed by atoms with Crippen molar-refractivity contribution in [1.82, 2.24) is 0 Å². The zero-order valence-electron chi connectivity index (χ0n) is 10.5. The van der Waals surface area contributed by atoms with E-state index < -0.39 is 11.6 Å². The molecule has 18 heavy (non-hydrogen) atoms. The van der Waals surface area contributed by atoms with Crippen molar-refractivity contribution in [3.8, 4) is 0 Å². The molecule has 0 saturated carbocycles. The zero-order valence-corrected chi connectivity index (χ0v) is 12.1. The summed E-state index contributed by atoms with van der Waals surface area (Å²) in [6, 6.07) is 4.59. The summed E-state index contributed by atoms with van der Waals surface area (Å²) in [5.74, 6) is -1.06. The van der Waals surface area contributed by atoms with Gasteiger partial charge in [0.1, 0.15) is 5.82 Å². The van der Waals surface area contributed by atoms with Crippen molar-refractivity contribution in [1.29, 1.82) is 0 Å². The van der Waals surface area contributed by atoms with E-state index in [1.807, 2.05) is 30.7 Å². The highest BCUT2D eigenvalue weighted by Gasteiger charge is 2.09. The van der Waals surface area contributed by atoms with Gasteiger partial charge in [0, 0.05) is 15.8 Å². The van der Waals surface area contributed by atoms with Gasteiger partial charge in [-0.25, -0.2) is 8.78 Å². The molecule has 0 spiro atoms. The predicted molar refractivity (Wildman–Crippen MR) is 76.2 cm³/mol. The average Bonchev–Trinajstić information content (AvgIpc) is 2.91. The average molecular weight is 287 g/mol. The fourth-order valence-corrected chi connectivity index (χ4v) is 2.65. The number of rotatable bonds is 3. The molecule has 0 fully saturated rings. The van der Waals surface area contributed by atoms with Crippen LogP contribution in [0, 0.1) is 18.6 Å². The van der Waals surface area contributed by atoms with Crippen LogP contribution >= 0.6 is 23.3 Å². The predicted octanol–water partition coefficient (Wildman–Crippen LogP) is 5.48. The van der Waals surface area contributed by atoms with Gasteiger partial charge in [0.2, 0.25) is 0 Å². The Bertz CT molecular complexity index is 484. The molecular formula is C13H15F2NS2. The first-order chi connectivity index (χ1) is 8.68. The zero-order chi connectivity index (χ0) is 13.5. The summed E-state index contributed by atoms with van der Waals surface area (Å²) in [7, 11) is 0. The fourth-order valence-electron chi connectivity index (χ4n) is 1.16. The van der Waals surface area contributed by atoms with E-state index in [1.165, 1.54) is 31.0 Å². The van der Waals surface area contributed by atoms with Crippen LogP contribution in [0.3, 0.4) is 0 Å². The van der Waals surface area contributed by atoms with Crippen LogP contribution in [0.15, 0.2) is 33.9 Å². The molecule has 1 nitrogen and oxygen atoms in total. The SMILES string of the molecule is CC.Cc1c(F)ccc(NSc2ccsc2)c1F. The van der Waals surface area contributed by atoms with Crippen molar-refractivity contribution in [2.75, 3.05) is 4.72 Å². The van der Waals surface area contributed by atoms with Gasteiger partial charge < -0.3 is 4.72 Å². The summed E-state index contributed by atoms with van der Waals surface area (Å²) in [6.07, 6.45) is 0. The van der Waals surface area contributed by atoms with Crippen LogP contribution in [-0.2, 0) is 0 Å². The van der Waals surface area contributed by atoms with Crippen molar-refractivity contribution in [2.45, 2.75) is 25.7 Å². The second kappa shape index (κ2) is 7.38. The van der Waals surface area contributed by atoms with Crippen molar-refractivity contribution in [3.63, 3.8) is 0 Å². The third-order valence-electron chi connectivity index (χ3n) is 2.09. The van der Waals surface area contributed by atoms with Gasteiger partial charge in [-0.05, 0) is 42.5 Å². The van der Waals surface area contributed by atoms with Gasteiger partial charge in [-0.3, -0.25) is 0 Å². The Morgan fingerprint density at radius 1 is 1.17 bits per heavy atom. The first kappa shape index (κ1) is 15.0. The molecule has 0 saturated heterocycles. The first-order valence-electron chi connectivity index (χ1n) is 5.58. The van der Waals surface area contributed by atoms with Crippen LogP contribution < -0.4 is 4.72 Å². The third-order valence-corrected chi connectivity index (χ3v) is 3.74. The highest BCUT2D eigenvalue weighted by molar-refractivity contribution is 8.00. The van der Waals surface area contributed by atoms with E-state index in [0.717, 1.165) is 4.90 Å². The minimum absolute atomic E-state index is 0.0379. The molecule has 0 amide bonds. The normalized spacial score (nSPS) is 9.61. The van der Waals surface area contributed by atoms with E-state index >= 15 is 0 Å². The number of halogens is 2.